The largest absolute Gasteiger partial charge is 0.480 e. The minimum atomic E-state index is -1.40. The van der Waals surface area contributed by atoms with Crippen LogP contribution in [-0.4, -0.2) is 45.8 Å². The van der Waals surface area contributed by atoms with E-state index in [-0.39, 0.29) is 5.56 Å². The molecule has 0 heterocycles. The number of carboxylic acids is 1. The highest BCUT2D eigenvalue weighted by molar-refractivity contribution is 5.98. The van der Waals surface area contributed by atoms with Gasteiger partial charge >= 0.3 is 11.7 Å². The molecule has 10 heteroatoms. The van der Waals surface area contributed by atoms with E-state index in [4.69, 9.17) is 10.8 Å². The van der Waals surface area contributed by atoms with Crippen LogP contribution in [-0.2, 0) is 9.59 Å². The first-order valence-electron chi connectivity index (χ1n) is 5.45. The zero-order chi connectivity index (χ0) is 16.2. The number of carbonyl (C=O) groups is 3. The van der Waals surface area contributed by atoms with Crippen LogP contribution < -0.4 is 5.73 Å². The number of amides is 2. The summed E-state index contributed by atoms with van der Waals surface area (Å²) in [4.78, 5) is 43.6. The van der Waals surface area contributed by atoms with Gasteiger partial charge in [-0.2, -0.15) is 4.39 Å². The molecule has 0 unspecified atom stereocenters. The SMILES string of the molecule is NC(=O)CN(CC(=O)O)C(=O)c1ccc(F)c([N+](=O)[O-])c1. The molecule has 112 valence electrons. The number of nitrogens with zero attached hydrogens (tertiary/aromatic N) is 2. The van der Waals surface area contributed by atoms with Gasteiger partial charge in [-0.15, -0.1) is 0 Å². The number of benzene rings is 1. The van der Waals surface area contributed by atoms with Gasteiger partial charge in [0.2, 0.25) is 11.7 Å². The van der Waals surface area contributed by atoms with Gasteiger partial charge in [-0.1, -0.05) is 0 Å². The zero-order valence-electron chi connectivity index (χ0n) is 10.5. The number of nitro benzene ring substituents is 1. The van der Waals surface area contributed by atoms with Crippen LogP contribution in [0, 0.1) is 15.9 Å². The smallest absolute Gasteiger partial charge is 0.323 e. The van der Waals surface area contributed by atoms with Crippen LogP contribution in [0.2, 0.25) is 0 Å². The van der Waals surface area contributed by atoms with E-state index >= 15 is 0 Å². The highest BCUT2D eigenvalue weighted by atomic mass is 19.1. The van der Waals surface area contributed by atoms with Crippen molar-refractivity contribution in [1.29, 1.82) is 0 Å². The predicted molar refractivity (Wildman–Crippen MR) is 65.8 cm³/mol. The lowest BCUT2D eigenvalue weighted by atomic mass is 10.1. The molecular formula is C11H10FN3O6. The molecule has 0 atom stereocenters. The number of primary amides is 1. The molecule has 1 aromatic carbocycles. The second-order valence-corrected chi connectivity index (χ2v) is 3.94. The standard InChI is InChI=1S/C11H10FN3O6/c12-7-2-1-6(3-8(7)15(20)21)11(19)14(4-9(13)16)5-10(17)18/h1-3H,4-5H2,(H2,13,16)(H,17,18). The second kappa shape index (κ2) is 6.41. The Morgan fingerprint density at radius 2 is 1.95 bits per heavy atom. The van der Waals surface area contributed by atoms with Gasteiger partial charge in [-0.3, -0.25) is 24.5 Å². The van der Waals surface area contributed by atoms with Crippen molar-refractivity contribution in [2.24, 2.45) is 5.73 Å². The van der Waals surface area contributed by atoms with Crippen molar-refractivity contribution < 1.29 is 28.8 Å². The van der Waals surface area contributed by atoms with Crippen LogP contribution >= 0.6 is 0 Å². The number of carbonyl (C=O) groups excluding carboxylic acids is 2. The number of hydrogen-bond donors (Lipinski definition) is 2. The van der Waals surface area contributed by atoms with Crippen LogP contribution in [0.15, 0.2) is 18.2 Å². The van der Waals surface area contributed by atoms with E-state index in [0.717, 1.165) is 6.07 Å². The molecule has 1 aromatic rings. The molecule has 9 nitrogen and oxygen atoms in total. The summed E-state index contributed by atoms with van der Waals surface area (Å²) in [6.07, 6.45) is 0. The van der Waals surface area contributed by atoms with Crippen LogP contribution in [0.25, 0.3) is 0 Å². The molecule has 21 heavy (non-hydrogen) atoms. The summed E-state index contributed by atoms with van der Waals surface area (Å²) in [5.74, 6) is -4.49. The lowest BCUT2D eigenvalue weighted by Crippen LogP contribution is -2.41. The second-order valence-electron chi connectivity index (χ2n) is 3.94. The number of nitrogens with two attached hydrogens (primary N) is 1. The van der Waals surface area contributed by atoms with Gasteiger partial charge in [0.25, 0.3) is 5.91 Å². The molecule has 0 radical (unpaired) electrons. The average molecular weight is 299 g/mol. The van der Waals surface area contributed by atoms with Crippen molar-refractivity contribution in [1.82, 2.24) is 4.90 Å². The molecule has 0 fully saturated rings. The lowest BCUT2D eigenvalue weighted by Gasteiger charge is -2.18. The van der Waals surface area contributed by atoms with Crippen molar-refractivity contribution in [2.75, 3.05) is 13.1 Å². The third-order valence-corrected chi connectivity index (χ3v) is 2.35. The summed E-state index contributed by atoms with van der Waals surface area (Å²) in [7, 11) is 0. The van der Waals surface area contributed by atoms with Crippen molar-refractivity contribution in [3.05, 3.63) is 39.7 Å². The van der Waals surface area contributed by atoms with Crippen molar-refractivity contribution >= 4 is 23.5 Å². The van der Waals surface area contributed by atoms with E-state index in [1.165, 1.54) is 0 Å². The molecule has 0 spiro atoms. The lowest BCUT2D eigenvalue weighted by molar-refractivity contribution is -0.387. The number of nitro groups is 1. The quantitative estimate of drug-likeness (QED) is 0.547. The number of halogens is 1. The minimum Gasteiger partial charge on any atom is -0.480 e. The summed E-state index contributed by atoms with van der Waals surface area (Å²) in [6, 6.07) is 2.31. The zero-order valence-corrected chi connectivity index (χ0v) is 10.5. The molecule has 0 aliphatic carbocycles. The summed E-state index contributed by atoms with van der Waals surface area (Å²) in [5, 5.41) is 19.3. The Morgan fingerprint density at radius 3 is 2.43 bits per heavy atom. The molecule has 0 saturated carbocycles. The van der Waals surface area contributed by atoms with E-state index in [9.17, 15) is 28.9 Å². The predicted octanol–water partition coefficient (Wildman–Crippen LogP) is -0.254. The maximum Gasteiger partial charge on any atom is 0.323 e. The molecule has 2 amide bonds. The average Bonchev–Trinajstić information content (AvgIpc) is 2.36. The van der Waals surface area contributed by atoms with Gasteiger partial charge in [0, 0.05) is 11.6 Å². The van der Waals surface area contributed by atoms with Gasteiger partial charge in [0.15, 0.2) is 0 Å². The fourth-order valence-corrected chi connectivity index (χ4v) is 1.52. The third-order valence-electron chi connectivity index (χ3n) is 2.35. The first-order valence-corrected chi connectivity index (χ1v) is 5.45. The van der Waals surface area contributed by atoms with Gasteiger partial charge in [0.1, 0.15) is 13.1 Å². The molecular weight excluding hydrogens is 289 g/mol. The van der Waals surface area contributed by atoms with E-state index in [0.29, 0.717) is 17.0 Å². The number of carboxylic acid groups (broad SMARTS) is 1. The summed E-state index contributed by atoms with van der Waals surface area (Å²) < 4.78 is 13.2. The Balaban J connectivity index is 3.13. The summed E-state index contributed by atoms with van der Waals surface area (Å²) in [6.45, 7) is -1.51. The van der Waals surface area contributed by atoms with Crippen LogP contribution in [0.1, 0.15) is 10.4 Å². The van der Waals surface area contributed by atoms with Crippen molar-refractivity contribution in [3.63, 3.8) is 0 Å². The monoisotopic (exact) mass is 299 g/mol. The Bertz CT molecular complexity index is 602. The molecule has 0 aliphatic rings. The Kier molecular flexibility index (Phi) is 4.89. The van der Waals surface area contributed by atoms with Crippen LogP contribution in [0.3, 0.4) is 0 Å². The summed E-state index contributed by atoms with van der Waals surface area (Å²) in [5.41, 5.74) is 3.63. The molecule has 0 aromatic heterocycles. The van der Waals surface area contributed by atoms with Crippen LogP contribution in [0.5, 0.6) is 0 Å². The first-order chi connectivity index (χ1) is 9.72. The molecule has 0 saturated heterocycles. The van der Waals surface area contributed by atoms with E-state index in [1.807, 2.05) is 0 Å². The fourth-order valence-electron chi connectivity index (χ4n) is 1.52. The number of aliphatic carboxylic acids is 1. The minimum absolute atomic E-state index is 0.328. The fraction of sp³-hybridized carbons (Fsp3) is 0.182. The normalized spacial score (nSPS) is 9.95. The molecule has 0 aliphatic heterocycles. The molecule has 0 bridgehead atoms. The number of hydrogen-bond acceptors (Lipinski definition) is 5. The maximum atomic E-state index is 13.2. The van der Waals surface area contributed by atoms with E-state index < -0.39 is 47.3 Å². The Morgan fingerprint density at radius 1 is 1.33 bits per heavy atom. The van der Waals surface area contributed by atoms with Gasteiger partial charge in [-0.25, -0.2) is 0 Å². The summed E-state index contributed by atoms with van der Waals surface area (Å²) >= 11 is 0. The highest BCUT2D eigenvalue weighted by Crippen LogP contribution is 2.19. The molecule has 1 rings (SSSR count). The van der Waals surface area contributed by atoms with Gasteiger partial charge in [0.05, 0.1) is 4.92 Å². The molecule has 3 N–H and O–H groups in total. The van der Waals surface area contributed by atoms with Crippen LogP contribution in [0.4, 0.5) is 10.1 Å². The van der Waals surface area contributed by atoms with Crippen molar-refractivity contribution in [2.45, 2.75) is 0 Å². The third kappa shape index (κ3) is 4.23. The maximum absolute atomic E-state index is 13.2. The Hall–Kier alpha value is -3.04. The van der Waals surface area contributed by atoms with E-state index in [1.54, 1.807) is 0 Å². The number of rotatable bonds is 6. The Labute approximate surface area is 116 Å². The van der Waals surface area contributed by atoms with Gasteiger partial charge < -0.3 is 15.7 Å². The first kappa shape index (κ1) is 16.0. The van der Waals surface area contributed by atoms with Crippen molar-refractivity contribution in [3.8, 4) is 0 Å². The van der Waals surface area contributed by atoms with E-state index in [2.05, 4.69) is 0 Å². The topological polar surface area (TPSA) is 144 Å². The highest BCUT2D eigenvalue weighted by Gasteiger charge is 2.23. The van der Waals surface area contributed by atoms with Gasteiger partial charge in [-0.05, 0) is 12.1 Å².